The van der Waals surface area contributed by atoms with Gasteiger partial charge in [0.1, 0.15) is 28.9 Å². The third-order valence-electron chi connectivity index (χ3n) is 4.59. The first kappa shape index (κ1) is 21.6. The molecule has 162 valence electrons. The van der Waals surface area contributed by atoms with Crippen LogP contribution >= 0.6 is 11.3 Å². The molecule has 0 atom stereocenters. The second kappa shape index (κ2) is 9.65. The minimum absolute atomic E-state index is 0.103. The zero-order valence-corrected chi connectivity index (χ0v) is 17.5. The Balaban J connectivity index is 1.34. The van der Waals surface area contributed by atoms with E-state index in [1.165, 1.54) is 29.5 Å². The highest BCUT2D eigenvalue weighted by Gasteiger charge is 2.12. The van der Waals surface area contributed by atoms with Crippen molar-refractivity contribution in [3.05, 3.63) is 106 Å². The van der Waals surface area contributed by atoms with Crippen molar-refractivity contribution in [2.24, 2.45) is 0 Å². The van der Waals surface area contributed by atoms with E-state index in [-0.39, 0.29) is 24.9 Å². The van der Waals surface area contributed by atoms with Crippen molar-refractivity contribution in [1.29, 1.82) is 0 Å². The fraction of sp³-hybridized carbons (Fsp3) is 0.0833. The fourth-order valence-electron chi connectivity index (χ4n) is 2.88. The van der Waals surface area contributed by atoms with Gasteiger partial charge in [-0.2, -0.15) is 0 Å². The first-order valence-corrected chi connectivity index (χ1v) is 10.5. The number of aromatic nitrogens is 1. The minimum Gasteiger partial charge on any atom is -0.489 e. The van der Waals surface area contributed by atoms with E-state index in [2.05, 4.69) is 10.3 Å². The van der Waals surface area contributed by atoms with Crippen molar-refractivity contribution >= 4 is 17.2 Å². The molecule has 4 rings (SSSR count). The molecule has 8 heteroatoms. The summed E-state index contributed by atoms with van der Waals surface area (Å²) in [7, 11) is 0. The SMILES string of the molecule is O=C(NCc1ccc(F)cc1)c1csc(-c2ccc(OCc3ccc(F)c(F)c3)cc2)n1. The van der Waals surface area contributed by atoms with Crippen molar-refractivity contribution in [3.63, 3.8) is 0 Å². The second-order valence-corrected chi connectivity index (χ2v) is 7.77. The van der Waals surface area contributed by atoms with Gasteiger partial charge in [-0.05, 0) is 59.7 Å². The van der Waals surface area contributed by atoms with Gasteiger partial charge in [0.25, 0.3) is 5.91 Å². The number of ether oxygens (including phenoxy) is 1. The number of amides is 1. The summed E-state index contributed by atoms with van der Waals surface area (Å²) in [5, 5.41) is 5.10. The van der Waals surface area contributed by atoms with Gasteiger partial charge in [0.15, 0.2) is 11.6 Å². The van der Waals surface area contributed by atoms with Gasteiger partial charge in [-0.25, -0.2) is 18.2 Å². The molecule has 0 fully saturated rings. The van der Waals surface area contributed by atoms with Crippen LogP contribution in [0.1, 0.15) is 21.6 Å². The van der Waals surface area contributed by atoms with Gasteiger partial charge in [0, 0.05) is 17.5 Å². The lowest BCUT2D eigenvalue weighted by Crippen LogP contribution is -2.23. The van der Waals surface area contributed by atoms with Crippen LogP contribution in [0.15, 0.2) is 72.1 Å². The third kappa shape index (κ3) is 5.33. The molecule has 4 aromatic rings. The Hall–Kier alpha value is -3.65. The molecule has 1 amide bonds. The summed E-state index contributed by atoms with van der Waals surface area (Å²) in [5.41, 5.74) is 2.41. The topological polar surface area (TPSA) is 51.2 Å². The molecule has 0 aliphatic heterocycles. The Kier molecular flexibility index (Phi) is 6.51. The van der Waals surface area contributed by atoms with E-state index < -0.39 is 11.6 Å². The normalized spacial score (nSPS) is 10.7. The number of carbonyl (C=O) groups is 1. The van der Waals surface area contributed by atoms with E-state index in [1.54, 1.807) is 41.8 Å². The number of nitrogens with one attached hydrogen (secondary N) is 1. The molecule has 0 radical (unpaired) electrons. The summed E-state index contributed by atoms with van der Waals surface area (Å²) in [5.74, 6) is -1.90. The summed E-state index contributed by atoms with van der Waals surface area (Å²) in [6.07, 6.45) is 0. The van der Waals surface area contributed by atoms with Crippen LogP contribution in [0.5, 0.6) is 5.75 Å². The van der Waals surface area contributed by atoms with Crippen molar-refractivity contribution < 1.29 is 22.7 Å². The molecule has 0 unspecified atom stereocenters. The Morgan fingerprint density at radius 1 is 0.906 bits per heavy atom. The molecule has 1 heterocycles. The van der Waals surface area contributed by atoms with Crippen molar-refractivity contribution in [1.82, 2.24) is 10.3 Å². The monoisotopic (exact) mass is 454 g/mol. The van der Waals surface area contributed by atoms with Gasteiger partial charge in [-0.1, -0.05) is 18.2 Å². The van der Waals surface area contributed by atoms with Gasteiger partial charge in [0.05, 0.1) is 0 Å². The molecule has 32 heavy (non-hydrogen) atoms. The minimum atomic E-state index is -0.914. The Bertz CT molecular complexity index is 1220. The molecule has 3 aromatic carbocycles. The van der Waals surface area contributed by atoms with Gasteiger partial charge < -0.3 is 10.1 Å². The van der Waals surface area contributed by atoms with Crippen LogP contribution in [0.4, 0.5) is 13.2 Å². The van der Waals surface area contributed by atoms with Crippen LogP contribution in [-0.4, -0.2) is 10.9 Å². The summed E-state index contributed by atoms with van der Waals surface area (Å²) in [6.45, 7) is 0.377. The number of rotatable bonds is 7. The average Bonchev–Trinajstić information content (AvgIpc) is 3.30. The lowest BCUT2D eigenvalue weighted by molar-refractivity contribution is 0.0946. The largest absolute Gasteiger partial charge is 0.489 e. The molecule has 1 N–H and O–H groups in total. The molecule has 0 aliphatic carbocycles. The second-order valence-electron chi connectivity index (χ2n) is 6.91. The average molecular weight is 454 g/mol. The highest BCUT2D eigenvalue weighted by Crippen LogP contribution is 2.26. The van der Waals surface area contributed by atoms with Crippen LogP contribution in [0.2, 0.25) is 0 Å². The van der Waals surface area contributed by atoms with Crippen molar-refractivity contribution in [3.8, 4) is 16.3 Å². The van der Waals surface area contributed by atoms with Crippen molar-refractivity contribution in [2.75, 3.05) is 0 Å². The molecule has 0 saturated heterocycles. The van der Waals surface area contributed by atoms with Crippen molar-refractivity contribution in [2.45, 2.75) is 13.2 Å². The molecule has 1 aromatic heterocycles. The van der Waals surface area contributed by atoms with Crippen LogP contribution < -0.4 is 10.1 Å². The first-order chi connectivity index (χ1) is 15.5. The van der Waals surface area contributed by atoms with Crippen LogP contribution in [0.25, 0.3) is 10.6 Å². The number of hydrogen-bond donors (Lipinski definition) is 1. The van der Waals surface area contributed by atoms with Gasteiger partial charge in [-0.15, -0.1) is 11.3 Å². The van der Waals surface area contributed by atoms with Gasteiger partial charge >= 0.3 is 0 Å². The molecule has 0 bridgehead atoms. The van der Waals surface area contributed by atoms with E-state index >= 15 is 0 Å². The molecule has 0 saturated carbocycles. The van der Waals surface area contributed by atoms with E-state index in [0.29, 0.717) is 22.0 Å². The highest BCUT2D eigenvalue weighted by molar-refractivity contribution is 7.13. The number of carbonyl (C=O) groups excluding carboxylic acids is 1. The molecular formula is C24H17F3N2O2S. The molecule has 4 nitrogen and oxygen atoms in total. The maximum absolute atomic E-state index is 13.3. The fourth-order valence-corrected chi connectivity index (χ4v) is 3.68. The first-order valence-electron chi connectivity index (χ1n) is 9.63. The smallest absolute Gasteiger partial charge is 0.271 e. The lowest BCUT2D eigenvalue weighted by Gasteiger charge is -2.07. The number of benzene rings is 3. The van der Waals surface area contributed by atoms with E-state index in [9.17, 15) is 18.0 Å². The third-order valence-corrected chi connectivity index (χ3v) is 5.49. The molecular weight excluding hydrogens is 437 g/mol. The number of hydrogen-bond acceptors (Lipinski definition) is 4. The number of nitrogens with zero attached hydrogens (tertiary/aromatic N) is 1. The highest BCUT2D eigenvalue weighted by atomic mass is 32.1. The summed E-state index contributed by atoms with van der Waals surface area (Å²) < 4.78 is 44.8. The summed E-state index contributed by atoms with van der Waals surface area (Å²) >= 11 is 1.33. The zero-order valence-electron chi connectivity index (χ0n) is 16.6. The quantitative estimate of drug-likeness (QED) is 0.388. The number of thiazole rings is 1. The Morgan fingerprint density at radius 2 is 1.62 bits per heavy atom. The van der Waals surface area contributed by atoms with E-state index in [1.807, 2.05) is 0 Å². The Morgan fingerprint density at radius 3 is 2.34 bits per heavy atom. The standard InChI is InChI=1S/C24H17F3N2O2S/c25-18-6-1-15(2-7-18)12-28-23(30)22-14-32-24(29-22)17-4-8-19(9-5-17)31-13-16-3-10-20(26)21(27)11-16/h1-11,14H,12-13H2,(H,28,30). The van der Waals surface area contributed by atoms with E-state index in [4.69, 9.17) is 4.74 Å². The van der Waals surface area contributed by atoms with Gasteiger partial charge in [-0.3, -0.25) is 4.79 Å². The number of halogens is 3. The molecule has 0 spiro atoms. The summed E-state index contributed by atoms with van der Waals surface area (Å²) in [4.78, 5) is 16.7. The maximum Gasteiger partial charge on any atom is 0.271 e. The predicted molar refractivity (Wildman–Crippen MR) is 116 cm³/mol. The van der Waals surface area contributed by atoms with E-state index in [0.717, 1.165) is 23.3 Å². The van der Waals surface area contributed by atoms with Crippen LogP contribution in [-0.2, 0) is 13.2 Å². The maximum atomic E-state index is 13.3. The lowest BCUT2D eigenvalue weighted by atomic mass is 10.2. The van der Waals surface area contributed by atoms with Gasteiger partial charge in [0.2, 0.25) is 0 Å². The van der Waals surface area contributed by atoms with Crippen LogP contribution in [0, 0.1) is 17.5 Å². The zero-order chi connectivity index (χ0) is 22.5. The summed E-state index contributed by atoms with van der Waals surface area (Å²) in [6, 6.07) is 16.6. The Labute approximate surface area is 186 Å². The molecule has 0 aliphatic rings. The van der Waals surface area contributed by atoms with Crippen LogP contribution in [0.3, 0.4) is 0 Å². The predicted octanol–water partition coefficient (Wildman–Crippen LogP) is 5.74.